The van der Waals surface area contributed by atoms with Crippen molar-refractivity contribution >= 4 is 18.1 Å². The Bertz CT molecular complexity index is 1420. The second-order valence-electron chi connectivity index (χ2n) is 7.93. The zero-order valence-corrected chi connectivity index (χ0v) is 18.9. The Balaban J connectivity index is 1.48. The molecule has 10 nitrogen and oxygen atoms in total. The highest BCUT2D eigenvalue weighted by atomic mass is 19.4. The minimum atomic E-state index is -4.61. The van der Waals surface area contributed by atoms with Crippen molar-refractivity contribution in [3.05, 3.63) is 83.7 Å². The van der Waals surface area contributed by atoms with Gasteiger partial charge in [-0.2, -0.15) is 28.5 Å². The van der Waals surface area contributed by atoms with Crippen molar-refractivity contribution in [2.75, 3.05) is 5.32 Å². The summed E-state index contributed by atoms with van der Waals surface area (Å²) in [6.45, 7) is 0.312. The maximum Gasteiger partial charge on any atom is 0.417 e. The third-order valence-electron chi connectivity index (χ3n) is 5.36. The number of halogens is 3. The van der Waals surface area contributed by atoms with E-state index < -0.39 is 17.6 Å². The van der Waals surface area contributed by atoms with Crippen LogP contribution < -0.4 is 16.3 Å². The van der Waals surface area contributed by atoms with Gasteiger partial charge >= 0.3 is 6.18 Å². The molecule has 1 amide bonds. The summed E-state index contributed by atoms with van der Waals surface area (Å²) in [5.41, 5.74) is 6.01. The Morgan fingerprint density at radius 1 is 1.06 bits per heavy atom. The number of rotatable bonds is 6. The molecule has 0 bridgehead atoms. The highest BCUT2D eigenvalue weighted by molar-refractivity contribution is 6.04. The number of amides is 1. The lowest BCUT2D eigenvalue weighted by atomic mass is 10.0. The van der Waals surface area contributed by atoms with Crippen molar-refractivity contribution in [2.45, 2.75) is 12.7 Å². The Kier molecular flexibility index (Phi) is 5.90. The summed E-state index contributed by atoms with van der Waals surface area (Å²) in [6, 6.07) is 15.5. The van der Waals surface area contributed by atoms with Crippen LogP contribution in [0.2, 0.25) is 0 Å². The lowest BCUT2D eigenvalue weighted by Crippen LogP contribution is -2.38. The lowest BCUT2D eigenvalue weighted by molar-refractivity contribution is -0.137. The highest BCUT2D eigenvalue weighted by Gasteiger charge is 2.34. The van der Waals surface area contributed by atoms with Gasteiger partial charge in [-0.3, -0.25) is 14.9 Å². The predicted octanol–water partition coefficient (Wildman–Crippen LogP) is 3.31. The van der Waals surface area contributed by atoms with Gasteiger partial charge in [0.25, 0.3) is 5.91 Å². The van der Waals surface area contributed by atoms with Crippen molar-refractivity contribution in [1.82, 2.24) is 35.6 Å². The van der Waals surface area contributed by atoms with Crippen molar-refractivity contribution in [3.8, 4) is 16.9 Å². The standard InChI is InChI=1S/C23H20F3N9O/c1-33-10-9-20(31-33)18-11-15(7-8-19(18)23(24,25)26)22(36)29-21-12-16(13-34-28-14-27-32-34)30-35(21)17-5-3-2-4-6-17/h2-12,14,32H,13H2,1H3,(H,27,28)(H,29,36). The summed E-state index contributed by atoms with van der Waals surface area (Å²) >= 11 is 0. The fraction of sp³-hybridized carbons (Fsp3) is 0.130. The maximum absolute atomic E-state index is 13.7. The van der Waals surface area contributed by atoms with Gasteiger partial charge in [0, 0.05) is 30.4 Å². The topological polar surface area (TPSA) is 104 Å². The fourth-order valence-corrected chi connectivity index (χ4v) is 3.72. The van der Waals surface area contributed by atoms with Gasteiger partial charge in [-0.25, -0.2) is 10.2 Å². The summed E-state index contributed by atoms with van der Waals surface area (Å²) in [7, 11) is 1.61. The van der Waals surface area contributed by atoms with Crippen LogP contribution in [0.5, 0.6) is 0 Å². The van der Waals surface area contributed by atoms with Gasteiger partial charge in [0.1, 0.15) is 12.2 Å². The van der Waals surface area contributed by atoms with Crippen LogP contribution in [0.15, 0.2) is 72.0 Å². The van der Waals surface area contributed by atoms with Gasteiger partial charge in [-0.1, -0.05) is 18.2 Å². The summed E-state index contributed by atoms with van der Waals surface area (Å²) in [4.78, 5) is 13.2. The molecule has 0 spiro atoms. The van der Waals surface area contributed by atoms with E-state index in [9.17, 15) is 18.0 Å². The number of hydrogen-bond donors (Lipinski definition) is 3. The SMILES string of the molecule is Cn1ccc(-c2cc(C(=O)Nc3cc(CN4NC=NN4)nn3-c3ccccc3)ccc2C(F)(F)F)n1. The molecule has 3 N–H and O–H groups in total. The summed E-state index contributed by atoms with van der Waals surface area (Å²) in [6.07, 6.45) is -1.60. The van der Waals surface area contributed by atoms with E-state index >= 15 is 0 Å². The monoisotopic (exact) mass is 495 g/mol. The molecule has 5 rings (SSSR count). The number of hydrogen-bond acceptors (Lipinski definition) is 7. The number of aryl methyl sites for hydroxylation is 1. The Morgan fingerprint density at radius 2 is 1.86 bits per heavy atom. The molecule has 184 valence electrons. The third-order valence-corrected chi connectivity index (χ3v) is 5.36. The summed E-state index contributed by atoms with van der Waals surface area (Å²) in [5.74, 6) is -0.245. The molecular weight excluding hydrogens is 475 g/mol. The van der Waals surface area contributed by atoms with Crippen molar-refractivity contribution in [1.29, 1.82) is 0 Å². The van der Waals surface area contributed by atoms with Crippen LogP contribution in [-0.2, 0) is 19.8 Å². The Hall–Kier alpha value is -4.65. The molecule has 2 aromatic heterocycles. The first-order chi connectivity index (χ1) is 17.3. The number of anilines is 1. The van der Waals surface area contributed by atoms with Gasteiger partial charge in [-0.05, 0) is 36.4 Å². The Labute approximate surface area is 203 Å². The number of carbonyl (C=O) groups is 1. The normalized spacial score (nSPS) is 13.4. The molecule has 0 atom stereocenters. The molecule has 0 saturated carbocycles. The second kappa shape index (κ2) is 9.19. The van der Waals surface area contributed by atoms with E-state index in [1.807, 2.05) is 30.3 Å². The van der Waals surface area contributed by atoms with Crippen LogP contribution in [0.4, 0.5) is 19.0 Å². The van der Waals surface area contributed by atoms with Gasteiger partial charge < -0.3 is 5.32 Å². The largest absolute Gasteiger partial charge is 0.417 e. The molecule has 0 radical (unpaired) electrons. The van der Waals surface area contributed by atoms with Gasteiger partial charge in [0.2, 0.25) is 0 Å². The molecule has 2 aromatic carbocycles. The summed E-state index contributed by atoms with van der Waals surface area (Å²) in [5, 5.41) is 16.9. The van der Waals surface area contributed by atoms with Crippen LogP contribution in [0.25, 0.3) is 16.9 Å². The molecule has 0 unspecified atom stereocenters. The molecule has 4 aromatic rings. The van der Waals surface area contributed by atoms with Gasteiger partial charge in [0.05, 0.1) is 29.2 Å². The van der Waals surface area contributed by atoms with E-state index in [1.165, 1.54) is 29.3 Å². The second-order valence-corrected chi connectivity index (χ2v) is 7.93. The number of carbonyl (C=O) groups excluding carboxylic acids is 1. The van der Waals surface area contributed by atoms with E-state index in [1.54, 1.807) is 22.9 Å². The molecule has 13 heteroatoms. The van der Waals surface area contributed by atoms with Gasteiger partial charge in [-0.15, -0.1) is 5.12 Å². The average molecular weight is 495 g/mol. The van der Waals surface area contributed by atoms with E-state index in [4.69, 9.17) is 0 Å². The molecule has 1 aliphatic heterocycles. The quantitative estimate of drug-likeness (QED) is 0.379. The van der Waals surface area contributed by atoms with Crippen LogP contribution in [0.1, 0.15) is 21.6 Å². The minimum absolute atomic E-state index is 0.0438. The van der Waals surface area contributed by atoms with Crippen molar-refractivity contribution < 1.29 is 18.0 Å². The first kappa shape index (κ1) is 23.1. The highest BCUT2D eigenvalue weighted by Crippen LogP contribution is 2.37. The molecule has 36 heavy (non-hydrogen) atoms. The Morgan fingerprint density at radius 3 is 2.53 bits per heavy atom. The average Bonchev–Trinajstić information content (AvgIpc) is 3.61. The number of nitrogens with zero attached hydrogens (tertiary/aromatic N) is 6. The van der Waals surface area contributed by atoms with Crippen molar-refractivity contribution in [2.24, 2.45) is 12.1 Å². The smallest absolute Gasteiger partial charge is 0.306 e. The molecule has 0 fully saturated rings. The zero-order chi connectivity index (χ0) is 25.3. The molecule has 1 aliphatic rings. The predicted molar refractivity (Wildman–Crippen MR) is 125 cm³/mol. The molecular formula is C23H20F3N9O. The van der Waals surface area contributed by atoms with Gasteiger partial charge in [0.15, 0.2) is 0 Å². The van der Waals surface area contributed by atoms with E-state index in [2.05, 4.69) is 31.6 Å². The van der Waals surface area contributed by atoms with Crippen LogP contribution in [-0.4, -0.2) is 36.9 Å². The number of nitrogens with one attached hydrogen (secondary N) is 3. The van der Waals surface area contributed by atoms with Crippen LogP contribution in [0, 0.1) is 0 Å². The summed E-state index contributed by atoms with van der Waals surface area (Å²) < 4.78 is 43.9. The fourth-order valence-electron chi connectivity index (χ4n) is 3.72. The third kappa shape index (κ3) is 4.77. The molecule has 0 aliphatic carbocycles. The first-order valence-electron chi connectivity index (χ1n) is 10.8. The number of alkyl halides is 3. The molecule has 3 heterocycles. The van der Waals surface area contributed by atoms with E-state index in [-0.39, 0.29) is 16.8 Å². The van der Waals surface area contributed by atoms with Crippen LogP contribution >= 0.6 is 0 Å². The number of hydrazine groups is 2. The zero-order valence-electron chi connectivity index (χ0n) is 18.9. The number of hydrazone groups is 1. The number of aromatic nitrogens is 4. The maximum atomic E-state index is 13.7. The number of para-hydroxylation sites is 1. The van der Waals surface area contributed by atoms with E-state index in [0.29, 0.717) is 23.7 Å². The minimum Gasteiger partial charge on any atom is -0.306 e. The number of benzene rings is 2. The van der Waals surface area contributed by atoms with Crippen LogP contribution in [0.3, 0.4) is 0 Å². The molecule has 0 saturated heterocycles. The van der Waals surface area contributed by atoms with Crippen molar-refractivity contribution in [3.63, 3.8) is 0 Å². The lowest BCUT2D eigenvalue weighted by Gasteiger charge is -2.14. The first-order valence-corrected chi connectivity index (χ1v) is 10.8. The van der Waals surface area contributed by atoms with E-state index in [0.717, 1.165) is 12.1 Å².